The van der Waals surface area contributed by atoms with E-state index in [0.717, 1.165) is 12.8 Å². The van der Waals surface area contributed by atoms with Crippen molar-refractivity contribution in [3.05, 3.63) is 24.3 Å². The molecule has 1 aromatic rings. The van der Waals surface area contributed by atoms with E-state index in [1.54, 1.807) is 12.1 Å². The summed E-state index contributed by atoms with van der Waals surface area (Å²) in [5, 5.41) is 2.80. The molecule has 0 spiro atoms. The maximum absolute atomic E-state index is 11.9. The van der Waals surface area contributed by atoms with Crippen LogP contribution in [0.4, 0.5) is 5.69 Å². The maximum Gasteiger partial charge on any atom is 1.00 e. The van der Waals surface area contributed by atoms with Crippen LogP contribution in [0.3, 0.4) is 0 Å². The van der Waals surface area contributed by atoms with Crippen molar-refractivity contribution in [2.24, 2.45) is 0 Å². The molecule has 0 aliphatic rings. The number of anilines is 1. The van der Waals surface area contributed by atoms with Gasteiger partial charge in [-0.05, 0) is 41.8 Å². The number of hydrogen-bond acceptors (Lipinski definition) is 3. The predicted octanol–water partition coefficient (Wildman–Crippen LogP) is 2.57. The molecule has 1 rings (SSSR count). The van der Waals surface area contributed by atoms with E-state index in [9.17, 15) is 13.6 Å². The van der Waals surface area contributed by atoms with Gasteiger partial charge in [-0.1, -0.05) is 71.1 Å². The quantitative estimate of drug-likeness (QED) is 0.294. The molecule has 1 N–H and O–H groups in total. The zero-order chi connectivity index (χ0) is 18.3. The Balaban J connectivity index is 0.00000625. The average Bonchev–Trinajstić information content (AvgIpc) is 2.60. The van der Waals surface area contributed by atoms with Crippen LogP contribution in [0.2, 0.25) is 0 Å². The largest absolute Gasteiger partial charge is 1.00 e. The van der Waals surface area contributed by atoms with Gasteiger partial charge < -0.3 is 9.87 Å². The predicted molar refractivity (Wildman–Crippen MR) is 103 cm³/mol. The van der Waals surface area contributed by atoms with Gasteiger partial charge >= 0.3 is 51.4 Å². The molecule has 1 amide bonds. The van der Waals surface area contributed by atoms with Crippen molar-refractivity contribution in [1.82, 2.24) is 0 Å². The fraction of sp³-hybridized carbons (Fsp3) is 0.650. The van der Waals surface area contributed by atoms with E-state index in [-0.39, 0.29) is 62.2 Å². The van der Waals surface area contributed by atoms with Crippen molar-refractivity contribution in [3.63, 3.8) is 0 Å². The normalized spacial score (nSPS) is 11.6. The van der Waals surface area contributed by atoms with Crippen LogP contribution in [0.1, 0.15) is 84.0 Å². The van der Waals surface area contributed by atoms with E-state index in [1.165, 1.54) is 69.9 Å². The van der Waals surface area contributed by atoms with Crippen LogP contribution >= 0.6 is 0 Å². The van der Waals surface area contributed by atoms with Crippen LogP contribution in [-0.2, 0) is 15.9 Å². The zero-order valence-electron chi connectivity index (χ0n) is 16.4. The first kappa shape index (κ1) is 26.4. The molecule has 1 aromatic carbocycles. The van der Waals surface area contributed by atoms with Gasteiger partial charge in [0.25, 0.3) is 0 Å². The summed E-state index contributed by atoms with van der Waals surface area (Å²) in [6.45, 7) is 2.24. The molecule has 26 heavy (non-hydrogen) atoms. The number of unbranched alkanes of at least 4 members (excludes halogenated alkanes) is 10. The van der Waals surface area contributed by atoms with Gasteiger partial charge in [0.15, 0.2) is 0 Å². The number of amides is 1. The molecule has 0 fully saturated rings. The number of benzene rings is 1. The second-order valence-electron chi connectivity index (χ2n) is 6.59. The summed E-state index contributed by atoms with van der Waals surface area (Å²) in [5.74, 6) is -0.00748. The Hall–Kier alpha value is 0.436. The van der Waals surface area contributed by atoms with E-state index < -0.39 is 11.1 Å². The fourth-order valence-corrected chi connectivity index (χ4v) is 3.18. The minimum Gasteiger partial charge on any atom is -0.768 e. The number of carbonyl (C=O) groups is 1. The van der Waals surface area contributed by atoms with E-state index in [1.807, 2.05) is 0 Å². The molecular formula is C20H32KNO3S. The van der Waals surface area contributed by atoms with Gasteiger partial charge in [-0.25, -0.2) is 0 Å². The van der Waals surface area contributed by atoms with Crippen molar-refractivity contribution in [3.8, 4) is 0 Å². The van der Waals surface area contributed by atoms with Gasteiger partial charge in [-0.2, -0.15) is 0 Å². The van der Waals surface area contributed by atoms with Gasteiger partial charge in [-0.15, -0.1) is 0 Å². The van der Waals surface area contributed by atoms with Crippen LogP contribution in [0, 0.1) is 0 Å². The Morgan fingerprint density at radius 3 is 1.81 bits per heavy atom. The Labute approximate surface area is 204 Å². The number of hydrogen-bond donors (Lipinski definition) is 1. The van der Waals surface area contributed by atoms with Crippen molar-refractivity contribution in [2.45, 2.75) is 88.9 Å². The van der Waals surface area contributed by atoms with Crippen LogP contribution in [0.5, 0.6) is 0 Å². The monoisotopic (exact) mass is 405 g/mol. The molecule has 6 heteroatoms. The van der Waals surface area contributed by atoms with E-state index in [0.29, 0.717) is 12.1 Å². The summed E-state index contributed by atoms with van der Waals surface area (Å²) in [6, 6.07) is 6.20. The Bertz CT molecular complexity index is 508. The molecule has 0 bridgehead atoms. The summed E-state index contributed by atoms with van der Waals surface area (Å²) in [5.41, 5.74) is 0.641. The van der Waals surface area contributed by atoms with Crippen molar-refractivity contribution >= 4 is 22.7 Å². The fourth-order valence-electron chi connectivity index (χ4n) is 2.82. The molecule has 0 saturated heterocycles. The van der Waals surface area contributed by atoms with Gasteiger partial charge in [0.05, 0.1) is 0 Å². The summed E-state index contributed by atoms with van der Waals surface area (Å²) in [7, 11) is 0. The minimum absolute atomic E-state index is 0. The van der Waals surface area contributed by atoms with E-state index in [4.69, 9.17) is 0 Å². The van der Waals surface area contributed by atoms with Gasteiger partial charge in [0.1, 0.15) is 0 Å². The van der Waals surface area contributed by atoms with Gasteiger partial charge in [0, 0.05) is 17.0 Å². The van der Waals surface area contributed by atoms with Gasteiger partial charge in [0.2, 0.25) is 5.91 Å². The molecule has 1 unspecified atom stereocenters. The first-order valence-corrected chi connectivity index (χ1v) is 10.7. The van der Waals surface area contributed by atoms with Crippen LogP contribution in [0.25, 0.3) is 0 Å². The zero-order valence-corrected chi connectivity index (χ0v) is 20.4. The first-order chi connectivity index (χ1) is 12.1. The molecule has 0 aromatic heterocycles. The second kappa shape index (κ2) is 17.5. The molecule has 0 aliphatic heterocycles. The second-order valence-corrected chi connectivity index (χ2v) is 7.53. The first-order valence-electron chi connectivity index (χ1n) is 9.62. The smallest absolute Gasteiger partial charge is 0.768 e. The molecule has 1 atom stereocenters. The van der Waals surface area contributed by atoms with E-state index in [2.05, 4.69) is 12.2 Å². The SMILES string of the molecule is CCCCCCCCCCCCCC(=O)Nc1ccc(S(=O)[O-])cc1.[K+]. The Kier molecular flexibility index (Phi) is 17.8. The third kappa shape index (κ3) is 13.6. The minimum atomic E-state index is -2.23. The Morgan fingerprint density at radius 1 is 0.885 bits per heavy atom. The third-order valence-corrected chi connectivity index (χ3v) is 4.99. The molecule has 0 aliphatic carbocycles. The summed E-state index contributed by atoms with van der Waals surface area (Å²) in [4.78, 5) is 12.1. The van der Waals surface area contributed by atoms with Crippen molar-refractivity contribution in [2.75, 3.05) is 5.32 Å². The molecular weight excluding hydrogens is 373 g/mol. The van der Waals surface area contributed by atoms with Crippen LogP contribution in [-0.4, -0.2) is 14.7 Å². The van der Waals surface area contributed by atoms with Crippen LogP contribution in [0.15, 0.2) is 29.2 Å². The van der Waals surface area contributed by atoms with Crippen molar-refractivity contribution < 1.29 is 64.9 Å². The number of rotatable bonds is 14. The summed E-state index contributed by atoms with van der Waals surface area (Å²) in [6.07, 6.45) is 14.4. The van der Waals surface area contributed by atoms with Crippen LogP contribution < -0.4 is 56.7 Å². The van der Waals surface area contributed by atoms with Gasteiger partial charge in [-0.3, -0.25) is 9.00 Å². The molecule has 0 radical (unpaired) electrons. The molecule has 142 valence electrons. The van der Waals surface area contributed by atoms with Crippen molar-refractivity contribution in [1.29, 1.82) is 0 Å². The topological polar surface area (TPSA) is 69.2 Å². The maximum atomic E-state index is 11.9. The Morgan fingerprint density at radius 2 is 1.35 bits per heavy atom. The molecule has 0 heterocycles. The summed E-state index contributed by atoms with van der Waals surface area (Å²) < 4.78 is 21.5. The standard InChI is InChI=1S/C20H33NO3S.K/c1-2-3-4-5-6-7-8-9-10-11-12-13-20(22)21-18-14-16-19(17-15-18)25(23)24;/h14-17H,2-13H2,1H3,(H,21,22)(H,23,24);/q;+1/p-1. The number of carbonyl (C=O) groups excluding carboxylic acids is 1. The molecule has 0 saturated carbocycles. The average molecular weight is 406 g/mol. The third-order valence-electron chi connectivity index (χ3n) is 4.34. The molecule has 4 nitrogen and oxygen atoms in total. The summed E-state index contributed by atoms with van der Waals surface area (Å²) >= 11 is -2.23. The number of nitrogens with one attached hydrogen (secondary N) is 1. The van der Waals surface area contributed by atoms with E-state index >= 15 is 0 Å².